The van der Waals surface area contributed by atoms with Crippen molar-refractivity contribution < 1.29 is 14.3 Å². The molecule has 0 radical (unpaired) electrons. The molecule has 0 heterocycles. The molecule has 1 aromatic rings. The summed E-state index contributed by atoms with van der Waals surface area (Å²) in [6.07, 6.45) is 0. The molecular weight excluding hydrogens is 313 g/mol. The highest BCUT2D eigenvalue weighted by Crippen LogP contribution is 2.25. The number of benzene rings is 1. The minimum Gasteiger partial charge on any atom is -0.480 e. The van der Waals surface area contributed by atoms with Gasteiger partial charge in [-0.3, -0.25) is 9.69 Å². The Kier molecular flexibility index (Phi) is 5.94. The zero-order valence-corrected chi connectivity index (χ0v) is 12.9. The van der Waals surface area contributed by atoms with Crippen LogP contribution in [0.1, 0.15) is 32.4 Å². The lowest BCUT2D eigenvalue weighted by Crippen LogP contribution is -2.35. The number of aliphatic carboxylic acids is 1. The molecule has 0 aliphatic carbocycles. The Balaban J connectivity index is 2.93. The van der Waals surface area contributed by atoms with Crippen LogP contribution in [-0.2, 0) is 4.79 Å². The van der Waals surface area contributed by atoms with E-state index in [2.05, 4.69) is 15.9 Å². The Bertz CT molecular complexity index is 451. The quantitative estimate of drug-likeness (QED) is 0.864. The van der Waals surface area contributed by atoms with Gasteiger partial charge in [-0.15, -0.1) is 0 Å². The second-order valence-electron chi connectivity index (χ2n) is 5.07. The highest BCUT2D eigenvalue weighted by Gasteiger charge is 2.20. The van der Waals surface area contributed by atoms with Gasteiger partial charge in [0.2, 0.25) is 0 Å². The molecule has 0 amide bonds. The van der Waals surface area contributed by atoms with Gasteiger partial charge in [0.05, 0.1) is 11.0 Å². The van der Waals surface area contributed by atoms with Gasteiger partial charge >= 0.3 is 5.97 Å². The maximum absolute atomic E-state index is 13.2. The molecule has 1 N–H and O–H groups in total. The minimum atomic E-state index is -0.853. The predicted molar refractivity (Wildman–Crippen MR) is 76.6 cm³/mol. The molecule has 0 aliphatic rings. The number of carboxylic acid groups (broad SMARTS) is 1. The van der Waals surface area contributed by atoms with Crippen molar-refractivity contribution in [1.82, 2.24) is 4.90 Å². The van der Waals surface area contributed by atoms with E-state index in [0.29, 0.717) is 16.9 Å². The third kappa shape index (κ3) is 4.91. The molecule has 1 aromatic carbocycles. The Morgan fingerprint density at radius 2 is 2.05 bits per heavy atom. The third-order valence-electron chi connectivity index (χ3n) is 2.91. The van der Waals surface area contributed by atoms with Crippen molar-refractivity contribution in [3.05, 3.63) is 34.1 Å². The monoisotopic (exact) mass is 331 g/mol. The van der Waals surface area contributed by atoms with Crippen molar-refractivity contribution in [3.63, 3.8) is 0 Å². The van der Waals surface area contributed by atoms with Crippen molar-refractivity contribution in [2.45, 2.75) is 26.8 Å². The van der Waals surface area contributed by atoms with Crippen LogP contribution in [0.5, 0.6) is 0 Å². The number of carboxylic acids is 1. The summed E-state index contributed by atoms with van der Waals surface area (Å²) in [5.74, 6) is -0.802. The summed E-state index contributed by atoms with van der Waals surface area (Å²) in [4.78, 5) is 12.8. The van der Waals surface area contributed by atoms with Crippen LogP contribution >= 0.6 is 15.9 Å². The van der Waals surface area contributed by atoms with Crippen LogP contribution in [0.3, 0.4) is 0 Å². The standard InChI is InChI=1S/C14H19BrFNO2/c1-9(2)7-17(8-14(18)19)10(3)11-4-5-13(16)12(15)6-11/h4-6,9-10H,7-8H2,1-3H3,(H,18,19). The van der Waals surface area contributed by atoms with E-state index in [1.165, 1.54) is 6.07 Å². The maximum Gasteiger partial charge on any atom is 0.317 e. The van der Waals surface area contributed by atoms with Crippen molar-refractivity contribution in [2.24, 2.45) is 5.92 Å². The average Bonchev–Trinajstić information content (AvgIpc) is 2.29. The highest BCUT2D eigenvalue weighted by molar-refractivity contribution is 9.10. The summed E-state index contributed by atoms with van der Waals surface area (Å²) in [6.45, 7) is 6.69. The first kappa shape index (κ1) is 16.1. The summed E-state index contributed by atoms with van der Waals surface area (Å²) >= 11 is 3.16. The van der Waals surface area contributed by atoms with Crippen LogP contribution in [-0.4, -0.2) is 29.1 Å². The number of halogens is 2. The maximum atomic E-state index is 13.2. The lowest BCUT2D eigenvalue weighted by molar-refractivity contribution is -0.139. The van der Waals surface area contributed by atoms with Crippen LogP contribution in [0, 0.1) is 11.7 Å². The minimum absolute atomic E-state index is 0.0195. The number of carbonyl (C=O) groups is 1. The smallest absolute Gasteiger partial charge is 0.317 e. The van der Waals surface area contributed by atoms with Gasteiger partial charge in [-0.25, -0.2) is 4.39 Å². The van der Waals surface area contributed by atoms with Gasteiger partial charge in [0.15, 0.2) is 0 Å². The number of nitrogens with zero attached hydrogens (tertiary/aromatic N) is 1. The predicted octanol–water partition coefficient (Wildman–Crippen LogP) is 3.69. The van der Waals surface area contributed by atoms with Crippen molar-refractivity contribution in [1.29, 1.82) is 0 Å². The Hall–Kier alpha value is -0.940. The average molecular weight is 332 g/mol. The lowest BCUT2D eigenvalue weighted by Gasteiger charge is -2.29. The molecule has 0 aliphatic heterocycles. The van der Waals surface area contributed by atoms with Gasteiger partial charge in [0.1, 0.15) is 5.82 Å². The zero-order chi connectivity index (χ0) is 14.6. The van der Waals surface area contributed by atoms with Crippen LogP contribution in [0.4, 0.5) is 4.39 Å². The Morgan fingerprint density at radius 1 is 1.42 bits per heavy atom. The van der Waals surface area contributed by atoms with E-state index in [1.54, 1.807) is 12.1 Å². The summed E-state index contributed by atoms with van der Waals surface area (Å²) in [7, 11) is 0. The van der Waals surface area contributed by atoms with Crippen LogP contribution in [0.25, 0.3) is 0 Å². The summed E-state index contributed by atoms with van der Waals surface area (Å²) in [6, 6.07) is 4.72. The number of rotatable bonds is 6. The van der Waals surface area contributed by atoms with Crippen molar-refractivity contribution in [2.75, 3.05) is 13.1 Å². The molecular formula is C14H19BrFNO2. The molecule has 0 fully saturated rings. The number of hydrogen-bond acceptors (Lipinski definition) is 2. The summed E-state index contributed by atoms with van der Waals surface area (Å²) in [5, 5.41) is 8.98. The molecule has 3 nitrogen and oxygen atoms in total. The van der Waals surface area contributed by atoms with Crippen molar-refractivity contribution >= 4 is 21.9 Å². The first-order chi connectivity index (χ1) is 8.81. The van der Waals surface area contributed by atoms with Gasteiger partial charge in [0.25, 0.3) is 0 Å². The third-order valence-corrected chi connectivity index (χ3v) is 3.52. The zero-order valence-electron chi connectivity index (χ0n) is 11.4. The molecule has 0 spiro atoms. The van der Waals surface area contributed by atoms with Gasteiger partial charge in [-0.05, 0) is 46.5 Å². The fourth-order valence-corrected chi connectivity index (χ4v) is 2.38. The van der Waals surface area contributed by atoms with Crippen LogP contribution in [0.2, 0.25) is 0 Å². The van der Waals surface area contributed by atoms with Crippen LogP contribution in [0.15, 0.2) is 22.7 Å². The largest absolute Gasteiger partial charge is 0.480 e. The normalized spacial score (nSPS) is 13.0. The van der Waals surface area contributed by atoms with Gasteiger partial charge < -0.3 is 5.11 Å². The van der Waals surface area contributed by atoms with Gasteiger partial charge in [-0.2, -0.15) is 0 Å². The van der Waals surface area contributed by atoms with E-state index in [1.807, 2.05) is 25.7 Å². The highest BCUT2D eigenvalue weighted by atomic mass is 79.9. The first-order valence-corrected chi connectivity index (χ1v) is 7.01. The first-order valence-electron chi connectivity index (χ1n) is 6.22. The van der Waals surface area contributed by atoms with Gasteiger partial charge in [0, 0.05) is 12.6 Å². The fourth-order valence-electron chi connectivity index (χ4n) is 1.99. The molecule has 1 rings (SSSR count). The molecule has 0 saturated heterocycles. The molecule has 19 heavy (non-hydrogen) atoms. The second kappa shape index (κ2) is 7.01. The van der Waals surface area contributed by atoms with E-state index in [-0.39, 0.29) is 18.4 Å². The van der Waals surface area contributed by atoms with Crippen molar-refractivity contribution in [3.8, 4) is 0 Å². The molecule has 106 valence electrons. The molecule has 5 heteroatoms. The van der Waals surface area contributed by atoms with Gasteiger partial charge in [-0.1, -0.05) is 19.9 Å². The van der Waals surface area contributed by atoms with E-state index in [0.717, 1.165) is 5.56 Å². The molecule has 0 saturated carbocycles. The molecule has 1 atom stereocenters. The lowest BCUT2D eigenvalue weighted by atomic mass is 10.1. The Morgan fingerprint density at radius 3 is 2.53 bits per heavy atom. The van der Waals surface area contributed by atoms with E-state index < -0.39 is 5.97 Å². The van der Waals surface area contributed by atoms with E-state index in [4.69, 9.17) is 5.11 Å². The summed E-state index contributed by atoms with van der Waals surface area (Å²) in [5.41, 5.74) is 0.898. The van der Waals surface area contributed by atoms with E-state index in [9.17, 15) is 9.18 Å². The second-order valence-corrected chi connectivity index (χ2v) is 5.92. The van der Waals surface area contributed by atoms with E-state index >= 15 is 0 Å². The molecule has 1 unspecified atom stereocenters. The molecule has 0 aromatic heterocycles. The van der Waals surface area contributed by atoms with Crippen LogP contribution < -0.4 is 0 Å². The Labute approximate surface area is 121 Å². The topological polar surface area (TPSA) is 40.5 Å². The summed E-state index contributed by atoms with van der Waals surface area (Å²) < 4.78 is 13.6. The SMILES string of the molecule is CC(C)CN(CC(=O)O)C(C)c1ccc(F)c(Br)c1. The number of hydrogen-bond donors (Lipinski definition) is 1. The fraction of sp³-hybridized carbons (Fsp3) is 0.500. The molecule has 0 bridgehead atoms.